The second-order valence-electron chi connectivity index (χ2n) is 4.36. The van der Waals surface area contributed by atoms with Gasteiger partial charge in [-0.1, -0.05) is 17.8 Å². The molecule has 5 N–H and O–H groups in total. The third-order valence-corrected chi connectivity index (χ3v) is 2.42. The molecule has 0 bridgehead atoms. The normalized spacial score (nSPS) is 10.0. The summed E-state index contributed by atoms with van der Waals surface area (Å²) in [6, 6.07) is 8.08. The monoisotopic (exact) mass is 300 g/mol. The summed E-state index contributed by atoms with van der Waals surface area (Å²) in [6.07, 6.45) is 0. The summed E-state index contributed by atoms with van der Waals surface area (Å²) < 4.78 is 0. The summed E-state index contributed by atoms with van der Waals surface area (Å²) in [5.74, 6) is 0. The number of aliphatic hydroxyl groups is 3. The van der Waals surface area contributed by atoms with Crippen molar-refractivity contribution in [3.63, 3.8) is 0 Å². The summed E-state index contributed by atoms with van der Waals surface area (Å²) in [6.45, 7) is 2.69. The predicted molar refractivity (Wildman–Crippen MR) is 73.4 cm³/mol. The molecule has 0 saturated heterocycles. The largest absolute Gasteiger partial charge is 0.428 e. The van der Waals surface area contributed by atoms with Gasteiger partial charge in [0.05, 0.1) is 25.4 Å². The summed E-state index contributed by atoms with van der Waals surface area (Å²) in [5, 5.41) is 25.0. The Morgan fingerprint density at radius 2 is 1.53 bits per heavy atom. The molecule has 1 rings (SSSR count). The van der Waals surface area contributed by atoms with E-state index in [1.165, 1.54) is 5.69 Å². The zero-order valence-electron chi connectivity index (χ0n) is 11.6. The van der Waals surface area contributed by atoms with Crippen LogP contribution in [0.4, 0.5) is 5.69 Å². The molecule has 0 heterocycles. The Morgan fingerprint density at radius 1 is 1.11 bits per heavy atom. The van der Waals surface area contributed by atoms with Gasteiger partial charge in [0.2, 0.25) is 0 Å². The Balaban J connectivity index is 0. The molecule has 0 saturated carbocycles. The molecule has 0 unspecified atom stereocenters. The SMILES string of the molecule is NC(CO)(CO)CO.[CH2-]c1ccccc1N(C)C.[Sc]. The molecule has 0 atom stereocenters. The molecule has 0 aliphatic carbocycles. The molecule has 107 valence electrons. The van der Waals surface area contributed by atoms with E-state index in [2.05, 4.69) is 17.9 Å². The number of hydrogen-bond acceptors (Lipinski definition) is 5. The molecular formula is C13H23N2O3Sc-. The number of para-hydroxylation sites is 1. The Hall–Kier alpha value is -0.400. The van der Waals surface area contributed by atoms with Gasteiger partial charge in [-0.2, -0.15) is 18.6 Å². The van der Waals surface area contributed by atoms with Crippen LogP contribution in [0.1, 0.15) is 5.56 Å². The predicted octanol–water partition coefficient (Wildman–Crippen LogP) is -0.407. The smallest absolute Gasteiger partial charge is 0.0856 e. The first-order valence-corrected chi connectivity index (χ1v) is 5.60. The van der Waals surface area contributed by atoms with Gasteiger partial charge in [0.25, 0.3) is 0 Å². The van der Waals surface area contributed by atoms with Crippen LogP contribution in [-0.2, 0) is 25.8 Å². The molecule has 0 spiro atoms. The maximum atomic E-state index is 8.34. The van der Waals surface area contributed by atoms with Crippen LogP contribution in [0.15, 0.2) is 24.3 Å². The summed E-state index contributed by atoms with van der Waals surface area (Å²) in [5.41, 5.74) is 6.20. The van der Waals surface area contributed by atoms with E-state index in [0.29, 0.717) is 0 Å². The Kier molecular flexibility index (Phi) is 11.4. The van der Waals surface area contributed by atoms with Gasteiger partial charge in [0.15, 0.2) is 0 Å². The number of hydrogen-bond donors (Lipinski definition) is 4. The van der Waals surface area contributed by atoms with Crippen molar-refractivity contribution in [2.24, 2.45) is 5.73 Å². The van der Waals surface area contributed by atoms with Crippen LogP contribution in [0.3, 0.4) is 0 Å². The van der Waals surface area contributed by atoms with Gasteiger partial charge in [-0.05, 0) is 14.1 Å². The molecule has 0 fully saturated rings. The minimum atomic E-state index is -1.21. The number of nitrogens with zero attached hydrogens (tertiary/aromatic N) is 1. The van der Waals surface area contributed by atoms with Crippen LogP contribution >= 0.6 is 0 Å². The van der Waals surface area contributed by atoms with Crippen molar-refractivity contribution < 1.29 is 41.2 Å². The molecular weight excluding hydrogens is 277 g/mol. The van der Waals surface area contributed by atoms with E-state index >= 15 is 0 Å². The van der Waals surface area contributed by atoms with Crippen LogP contribution in [0.25, 0.3) is 0 Å². The Morgan fingerprint density at radius 3 is 1.74 bits per heavy atom. The van der Waals surface area contributed by atoms with Crippen molar-refractivity contribution >= 4 is 5.69 Å². The molecule has 5 nitrogen and oxygen atoms in total. The second-order valence-corrected chi connectivity index (χ2v) is 4.36. The van der Waals surface area contributed by atoms with E-state index < -0.39 is 25.4 Å². The van der Waals surface area contributed by atoms with Crippen LogP contribution in [-0.4, -0.2) is 54.8 Å². The van der Waals surface area contributed by atoms with Gasteiger partial charge < -0.3 is 26.0 Å². The summed E-state index contributed by atoms with van der Waals surface area (Å²) in [7, 11) is 4.04. The number of benzene rings is 1. The molecule has 0 aliphatic rings. The van der Waals surface area contributed by atoms with Gasteiger partial charge in [-0.3, -0.25) is 0 Å². The number of rotatable bonds is 4. The third kappa shape index (κ3) is 7.69. The van der Waals surface area contributed by atoms with Crippen molar-refractivity contribution in [2.75, 3.05) is 38.8 Å². The molecule has 0 aromatic heterocycles. The number of anilines is 1. The van der Waals surface area contributed by atoms with Gasteiger partial charge in [0.1, 0.15) is 0 Å². The summed E-state index contributed by atoms with van der Waals surface area (Å²) >= 11 is 0. The van der Waals surface area contributed by atoms with Gasteiger partial charge in [0, 0.05) is 25.8 Å². The Bertz CT molecular complexity index is 336. The zero-order valence-corrected chi connectivity index (χ0v) is 13.4. The van der Waals surface area contributed by atoms with Crippen molar-refractivity contribution in [1.29, 1.82) is 0 Å². The van der Waals surface area contributed by atoms with E-state index in [-0.39, 0.29) is 25.8 Å². The maximum absolute atomic E-state index is 8.34. The first-order chi connectivity index (χ1) is 8.40. The minimum absolute atomic E-state index is 0. The number of nitrogens with two attached hydrogens (primary N) is 1. The quantitative estimate of drug-likeness (QED) is 0.568. The molecule has 0 aliphatic heterocycles. The average Bonchev–Trinajstić information content (AvgIpc) is 2.39. The standard InChI is InChI=1S/C9H12N.C4H11NO3.Sc/c1-8-6-4-5-7-9(8)10(2)3;5-4(1-6,2-7)3-8;/h4-7H,1H2,2-3H3;6-8H,1-3,5H2;/q-1;;. The van der Waals surface area contributed by atoms with E-state index in [9.17, 15) is 0 Å². The fraction of sp³-hybridized carbons (Fsp3) is 0.462. The van der Waals surface area contributed by atoms with Gasteiger partial charge in [-0.15, -0.1) is 6.07 Å². The Labute approximate surface area is 133 Å². The van der Waals surface area contributed by atoms with E-state index in [1.807, 2.05) is 32.3 Å². The molecule has 0 amide bonds. The second kappa shape index (κ2) is 10.4. The maximum Gasteiger partial charge on any atom is 0.0856 e. The fourth-order valence-corrected chi connectivity index (χ4v) is 1.10. The first-order valence-electron chi connectivity index (χ1n) is 5.60. The van der Waals surface area contributed by atoms with Crippen LogP contribution < -0.4 is 10.6 Å². The van der Waals surface area contributed by atoms with Crippen LogP contribution in [0, 0.1) is 6.92 Å². The van der Waals surface area contributed by atoms with Crippen LogP contribution in [0.2, 0.25) is 0 Å². The third-order valence-electron chi connectivity index (χ3n) is 2.42. The average molecular weight is 300 g/mol. The van der Waals surface area contributed by atoms with Crippen molar-refractivity contribution in [1.82, 2.24) is 0 Å². The zero-order chi connectivity index (χ0) is 14.2. The van der Waals surface area contributed by atoms with Crippen molar-refractivity contribution in [2.45, 2.75) is 5.54 Å². The fourth-order valence-electron chi connectivity index (χ4n) is 1.10. The molecule has 6 heteroatoms. The van der Waals surface area contributed by atoms with E-state index in [4.69, 9.17) is 21.1 Å². The molecule has 1 aromatic carbocycles. The first kappa shape index (κ1) is 20.9. The van der Waals surface area contributed by atoms with E-state index in [1.54, 1.807) is 0 Å². The minimum Gasteiger partial charge on any atom is -0.428 e. The van der Waals surface area contributed by atoms with E-state index in [0.717, 1.165) is 5.56 Å². The topological polar surface area (TPSA) is 90.0 Å². The van der Waals surface area contributed by atoms with Crippen molar-refractivity contribution in [3.8, 4) is 0 Å². The van der Waals surface area contributed by atoms with Gasteiger partial charge in [-0.25, -0.2) is 0 Å². The molecule has 1 aromatic rings. The molecule has 19 heavy (non-hydrogen) atoms. The number of aliphatic hydroxyl groups excluding tert-OH is 3. The van der Waals surface area contributed by atoms with Crippen molar-refractivity contribution in [3.05, 3.63) is 36.8 Å². The van der Waals surface area contributed by atoms with Crippen LogP contribution in [0.5, 0.6) is 0 Å². The summed E-state index contributed by atoms with van der Waals surface area (Å²) in [4.78, 5) is 2.06. The molecule has 1 radical (unpaired) electrons. The van der Waals surface area contributed by atoms with Gasteiger partial charge >= 0.3 is 0 Å².